The molecule has 0 radical (unpaired) electrons. The lowest BCUT2D eigenvalue weighted by Gasteiger charge is -2.07. The minimum Gasteiger partial charge on any atom is -0.449 e. The molecule has 100 valence electrons. The molecule has 1 aromatic heterocycles. The van der Waals surface area contributed by atoms with Crippen molar-refractivity contribution in [3.05, 3.63) is 72.8 Å². The zero-order chi connectivity index (χ0) is 14.2. The molecule has 0 atom stereocenters. The fourth-order valence-electron chi connectivity index (χ4n) is 2.97. The van der Waals surface area contributed by atoms with Crippen LogP contribution in [0.3, 0.4) is 0 Å². The van der Waals surface area contributed by atoms with E-state index in [4.69, 9.17) is 0 Å². The zero-order valence-electron chi connectivity index (χ0n) is 11.5. The number of para-hydroxylation sites is 2. The molecule has 1 heterocycles. The highest BCUT2D eigenvalue weighted by Gasteiger charge is 2.11. The van der Waals surface area contributed by atoms with Gasteiger partial charge in [-0.15, -0.1) is 0 Å². The van der Waals surface area contributed by atoms with Crippen molar-refractivity contribution in [2.24, 2.45) is 0 Å². The smallest absolute Gasteiger partial charge is 0.304 e. The van der Waals surface area contributed by atoms with Gasteiger partial charge in [-0.05, 0) is 24.3 Å². The van der Waals surface area contributed by atoms with Crippen molar-refractivity contribution in [3.8, 4) is 5.69 Å². The van der Waals surface area contributed by atoms with Gasteiger partial charge in [-0.25, -0.2) is 0 Å². The van der Waals surface area contributed by atoms with Gasteiger partial charge >= 0.3 is 7.48 Å². The minimum atomic E-state index is 0.0618. The first-order valence-electron chi connectivity index (χ1n) is 7.07. The van der Waals surface area contributed by atoms with E-state index in [1.54, 1.807) is 0 Å². The Bertz CT molecular complexity index is 928. The number of benzene rings is 3. The number of rotatable bonds is 2. The van der Waals surface area contributed by atoms with E-state index in [-0.39, 0.29) is 7.48 Å². The maximum absolute atomic E-state index is 9.42. The van der Waals surface area contributed by atoms with Gasteiger partial charge < -0.3 is 9.59 Å². The Morgan fingerprint density at radius 3 is 2.24 bits per heavy atom. The third kappa shape index (κ3) is 1.86. The molecule has 0 bridgehead atoms. The Hall–Kier alpha value is -2.52. The van der Waals surface area contributed by atoms with E-state index in [1.165, 1.54) is 16.3 Å². The lowest BCUT2D eigenvalue weighted by Crippen LogP contribution is -2.12. The van der Waals surface area contributed by atoms with Gasteiger partial charge in [-0.1, -0.05) is 54.0 Å². The van der Waals surface area contributed by atoms with Gasteiger partial charge in [0.1, 0.15) is 0 Å². The fourth-order valence-corrected chi connectivity index (χ4v) is 2.97. The average molecular weight is 271 g/mol. The van der Waals surface area contributed by atoms with Gasteiger partial charge in [0.05, 0.1) is 11.0 Å². The van der Waals surface area contributed by atoms with E-state index in [0.29, 0.717) is 0 Å². The molecule has 21 heavy (non-hydrogen) atoms. The topological polar surface area (TPSA) is 25.2 Å². The highest BCUT2D eigenvalue weighted by atomic mass is 16.2. The fraction of sp³-hybridized carbons (Fsp3) is 0. The van der Waals surface area contributed by atoms with Gasteiger partial charge in [0.2, 0.25) is 0 Å². The van der Waals surface area contributed by atoms with Crippen molar-refractivity contribution >= 4 is 34.8 Å². The third-order valence-corrected chi connectivity index (χ3v) is 3.94. The maximum Gasteiger partial charge on any atom is 0.304 e. The highest BCUT2D eigenvalue weighted by molar-refractivity contribution is 6.46. The molecule has 0 aliphatic rings. The molecule has 2 nitrogen and oxygen atoms in total. The van der Waals surface area contributed by atoms with Gasteiger partial charge in [0.15, 0.2) is 0 Å². The summed E-state index contributed by atoms with van der Waals surface area (Å²) < 4.78 is 2.25. The molecule has 0 fully saturated rings. The minimum absolute atomic E-state index is 0.0618. The second kappa shape index (κ2) is 4.79. The molecule has 0 spiro atoms. The first-order chi connectivity index (χ1) is 10.4. The lowest BCUT2D eigenvalue weighted by molar-refractivity contribution is 0.615. The van der Waals surface area contributed by atoms with Crippen molar-refractivity contribution in [1.29, 1.82) is 0 Å². The van der Waals surface area contributed by atoms with E-state index in [0.717, 1.165) is 16.7 Å². The molecule has 0 aliphatic carbocycles. The first kappa shape index (κ1) is 12.2. The van der Waals surface area contributed by atoms with Crippen LogP contribution in [0.15, 0.2) is 72.8 Å². The van der Waals surface area contributed by atoms with Crippen molar-refractivity contribution in [2.45, 2.75) is 0 Å². The summed E-state index contributed by atoms with van der Waals surface area (Å²) in [6.07, 6.45) is 0. The van der Waals surface area contributed by atoms with Crippen LogP contribution in [0.5, 0.6) is 0 Å². The summed E-state index contributed by atoms with van der Waals surface area (Å²) in [6, 6.07) is 24.9. The van der Waals surface area contributed by atoms with E-state index in [2.05, 4.69) is 53.1 Å². The molecule has 3 aromatic carbocycles. The van der Waals surface area contributed by atoms with Crippen LogP contribution in [0, 0.1) is 0 Å². The van der Waals surface area contributed by atoms with Crippen molar-refractivity contribution in [1.82, 2.24) is 4.57 Å². The first-order valence-corrected chi connectivity index (χ1v) is 7.07. The van der Waals surface area contributed by atoms with Crippen LogP contribution in [-0.2, 0) is 0 Å². The summed E-state index contributed by atoms with van der Waals surface area (Å²) in [6.45, 7) is 0. The summed E-state index contributed by atoms with van der Waals surface area (Å²) in [4.78, 5) is 0. The normalized spacial score (nSPS) is 11.1. The number of nitrogens with zero attached hydrogens (tertiary/aromatic N) is 1. The van der Waals surface area contributed by atoms with Crippen LogP contribution < -0.4 is 5.46 Å². The number of aromatic nitrogens is 1. The average Bonchev–Trinajstić information content (AvgIpc) is 2.89. The Labute approximate surface area is 123 Å². The predicted molar refractivity (Wildman–Crippen MR) is 89.8 cm³/mol. The second-order valence-corrected chi connectivity index (χ2v) is 5.20. The molecule has 0 amide bonds. The summed E-state index contributed by atoms with van der Waals surface area (Å²) in [5, 5.41) is 11.9. The second-order valence-electron chi connectivity index (χ2n) is 5.20. The monoisotopic (exact) mass is 271 g/mol. The van der Waals surface area contributed by atoms with E-state index in [9.17, 15) is 5.02 Å². The molecule has 1 N–H and O–H groups in total. The molecule has 0 saturated carbocycles. The van der Waals surface area contributed by atoms with E-state index < -0.39 is 0 Å². The van der Waals surface area contributed by atoms with Crippen LogP contribution >= 0.6 is 0 Å². The number of fused-ring (bicyclic) bond motifs is 3. The van der Waals surface area contributed by atoms with E-state index >= 15 is 0 Å². The number of hydrogen-bond acceptors (Lipinski definition) is 1. The Morgan fingerprint density at radius 2 is 1.43 bits per heavy atom. The molecule has 0 aliphatic heterocycles. The Balaban J connectivity index is 2.19. The van der Waals surface area contributed by atoms with Crippen LogP contribution in [0.2, 0.25) is 0 Å². The van der Waals surface area contributed by atoms with Crippen LogP contribution in [0.1, 0.15) is 0 Å². The predicted octanol–water partition coefficient (Wildman–Crippen LogP) is 2.75. The van der Waals surface area contributed by atoms with E-state index in [1.807, 2.05) is 24.3 Å². The molecule has 0 unspecified atom stereocenters. The molecule has 3 heteroatoms. The summed E-state index contributed by atoms with van der Waals surface area (Å²) in [7, 11) is 0.0618. The quantitative estimate of drug-likeness (QED) is 0.557. The largest absolute Gasteiger partial charge is 0.449 e. The number of hydrogen-bond donors (Lipinski definition) is 1. The summed E-state index contributed by atoms with van der Waals surface area (Å²) in [5.41, 5.74) is 4.39. The lowest BCUT2D eigenvalue weighted by atomic mass is 9.88. The van der Waals surface area contributed by atoms with Crippen LogP contribution in [-0.4, -0.2) is 17.1 Å². The van der Waals surface area contributed by atoms with Gasteiger partial charge in [0.25, 0.3) is 0 Å². The molecular formula is C18H14BNO. The van der Waals surface area contributed by atoms with Crippen LogP contribution in [0.4, 0.5) is 0 Å². The molecule has 0 saturated heterocycles. The standard InChI is InChI=1S/C18H14BNO/c21-19-13-10-11-16-15-8-4-5-9-17(15)20(18(16)12-13)14-6-2-1-3-7-14/h1-12,19,21H. The zero-order valence-corrected chi connectivity index (χ0v) is 11.5. The highest BCUT2D eigenvalue weighted by Crippen LogP contribution is 2.30. The molecular weight excluding hydrogens is 257 g/mol. The molecule has 4 rings (SSSR count). The van der Waals surface area contributed by atoms with Gasteiger partial charge in [-0.2, -0.15) is 0 Å². The van der Waals surface area contributed by atoms with Crippen LogP contribution in [0.25, 0.3) is 27.5 Å². The van der Waals surface area contributed by atoms with Crippen molar-refractivity contribution < 1.29 is 5.02 Å². The summed E-state index contributed by atoms with van der Waals surface area (Å²) >= 11 is 0. The third-order valence-electron chi connectivity index (χ3n) is 3.94. The Morgan fingerprint density at radius 1 is 0.714 bits per heavy atom. The van der Waals surface area contributed by atoms with Gasteiger partial charge in [0, 0.05) is 16.5 Å². The SMILES string of the molecule is OBc1ccc2c3ccccc3n(-c3ccccc3)c2c1. The summed E-state index contributed by atoms with van der Waals surface area (Å²) in [5.74, 6) is 0. The Kier molecular flexibility index (Phi) is 2.79. The van der Waals surface area contributed by atoms with Crippen molar-refractivity contribution in [2.75, 3.05) is 0 Å². The van der Waals surface area contributed by atoms with Gasteiger partial charge in [-0.3, -0.25) is 0 Å². The maximum atomic E-state index is 9.42. The van der Waals surface area contributed by atoms with Crippen molar-refractivity contribution in [3.63, 3.8) is 0 Å². The molecule has 4 aromatic rings.